The maximum Gasteiger partial charge on any atom is 0.239 e. The second-order valence-electron chi connectivity index (χ2n) is 4.40. The van der Waals surface area contributed by atoms with Crippen LogP contribution in [0.3, 0.4) is 0 Å². The van der Waals surface area contributed by atoms with Gasteiger partial charge < -0.3 is 15.9 Å². The van der Waals surface area contributed by atoms with Gasteiger partial charge in [-0.3, -0.25) is 9.79 Å². The normalized spacial score (nSPS) is 20.2. The molecule has 0 saturated heterocycles. The highest BCUT2D eigenvalue weighted by atomic mass is 16.5. The van der Waals surface area contributed by atoms with Gasteiger partial charge >= 0.3 is 0 Å². The third kappa shape index (κ3) is 5.94. The van der Waals surface area contributed by atoms with Crippen molar-refractivity contribution < 1.29 is 9.53 Å². The summed E-state index contributed by atoms with van der Waals surface area (Å²) in [4.78, 5) is 19.0. The van der Waals surface area contributed by atoms with Crippen LogP contribution in [0.4, 0.5) is 0 Å². The van der Waals surface area contributed by atoms with E-state index in [-0.39, 0.29) is 6.54 Å². The number of aliphatic imine (C=N–C) groups is 2. The Bertz CT molecular complexity index is 415. The quantitative estimate of drug-likeness (QED) is 0.685. The molecule has 7 heteroatoms. The molecule has 20 heavy (non-hydrogen) atoms. The first kappa shape index (κ1) is 16.3. The SMILES string of the molecule is CCC.NC(=O)CN=C1CNNC(C2=CCOCC2)=N1. The van der Waals surface area contributed by atoms with E-state index in [1.165, 1.54) is 6.42 Å². The van der Waals surface area contributed by atoms with E-state index in [4.69, 9.17) is 10.5 Å². The third-order valence-electron chi connectivity index (χ3n) is 2.38. The van der Waals surface area contributed by atoms with Crippen LogP contribution in [0.1, 0.15) is 26.7 Å². The molecule has 2 aliphatic heterocycles. The van der Waals surface area contributed by atoms with Crippen LogP contribution in [-0.4, -0.2) is 43.9 Å². The minimum absolute atomic E-state index is 0.0318. The molecule has 2 rings (SSSR count). The molecule has 0 fully saturated rings. The van der Waals surface area contributed by atoms with Gasteiger partial charge in [-0.15, -0.1) is 0 Å². The van der Waals surface area contributed by atoms with Gasteiger partial charge in [-0.1, -0.05) is 26.3 Å². The molecule has 112 valence electrons. The standard InChI is InChI=1S/C10H15N5O2.C3H8/c11-8(16)5-12-9-6-13-15-10(14-9)7-1-3-17-4-2-7;1-3-2/h1,13H,2-6H2,(H2,11,16)(H,12,14,15);3H2,1-2H3. The molecular formula is C13H23N5O2. The molecule has 0 unspecified atom stereocenters. The van der Waals surface area contributed by atoms with Crippen LogP contribution in [-0.2, 0) is 9.53 Å². The van der Waals surface area contributed by atoms with Crippen LogP contribution in [0, 0.1) is 0 Å². The van der Waals surface area contributed by atoms with E-state index in [0.717, 1.165) is 17.8 Å². The van der Waals surface area contributed by atoms with Crippen molar-refractivity contribution in [3.05, 3.63) is 11.6 Å². The van der Waals surface area contributed by atoms with Crippen LogP contribution in [0.2, 0.25) is 0 Å². The Balaban J connectivity index is 0.000000612. The lowest BCUT2D eigenvalue weighted by atomic mass is 10.1. The number of amides is 1. The highest BCUT2D eigenvalue weighted by molar-refractivity contribution is 6.08. The summed E-state index contributed by atoms with van der Waals surface area (Å²) in [6.45, 7) is 5.99. The van der Waals surface area contributed by atoms with E-state index in [0.29, 0.717) is 25.6 Å². The van der Waals surface area contributed by atoms with Gasteiger partial charge in [0.25, 0.3) is 0 Å². The van der Waals surface area contributed by atoms with Crippen molar-refractivity contribution in [3.8, 4) is 0 Å². The molecule has 0 aliphatic carbocycles. The summed E-state index contributed by atoms with van der Waals surface area (Å²) in [7, 11) is 0. The molecule has 7 nitrogen and oxygen atoms in total. The van der Waals surface area contributed by atoms with Crippen molar-refractivity contribution in [2.24, 2.45) is 15.7 Å². The van der Waals surface area contributed by atoms with Crippen LogP contribution in [0.15, 0.2) is 21.6 Å². The highest BCUT2D eigenvalue weighted by Crippen LogP contribution is 2.09. The number of nitrogens with zero attached hydrogens (tertiary/aromatic N) is 2. The Morgan fingerprint density at radius 3 is 2.90 bits per heavy atom. The first-order valence-corrected chi connectivity index (χ1v) is 6.83. The molecule has 0 aromatic heterocycles. The van der Waals surface area contributed by atoms with Crippen LogP contribution >= 0.6 is 0 Å². The van der Waals surface area contributed by atoms with Crippen molar-refractivity contribution >= 4 is 17.6 Å². The van der Waals surface area contributed by atoms with Gasteiger partial charge in [0.05, 0.1) is 19.8 Å². The molecular weight excluding hydrogens is 258 g/mol. The number of carbonyl (C=O) groups is 1. The first-order valence-electron chi connectivity index (χ1n) is 6.83. The minimum Gasteiger partial charge on any atom is -0.377 e. The largest absolute Gasteiger partial charge is 0.377 e. The van der Waals surface area contributed by atoms with Gasteiger partial charge in [-0.2, -0.15) is 0 Å². The van der Waals surface area contributed by atoms with E-state index in [2.05, 4.69) is 34.7 Å². The Morgan fingerprint density at radius 2 is 2.30 bits per heavy atom. The van der Waals surface area contributed by atoms with Crippen LogP contribution < -0.4 is 16.6 Å². The zero-order valence-corrected chi connectivity index (χ0v) is 12.1. The van der Waals surface area contributed by atoms with Gasteiger partial charge in [0, 0.05) is 0 Å². The molecule has 0 aromatic carbocycles. The number of primary amides is 1. The number of nitrogens with two attached hydrogens (primary N) is 1. The summed E-state index contributed by atoms with van der Waals surface area (Å²) in [6, 6.07) is 0. The molecule has 0 aromatic rings. The van der Waals surface area contributed by atoms with E-state index < -0.39 is 5.91 Å². The third-order valence-corrected chi connectivity index (χ3v) is 2.38. The number of hydrogen-bond donors (Lipinski definition) is 3. The molecule has 4 N–H and O–H groups in total. The molecule has 0 atom stereocenters. The van der Waals surface area contributed by atoms with E-state index in [1.54, 1.807) is 0 Å². The number of rotatable bonds is 3. The fourth-order valence-corrected chi connectivity index (χ4v) is 1.56. The maximum atomic E-state index is 10.6. The average Bonchev–Trinajstić information content (AvgIpc) is 2.47. The van der Waals surface area contributed by atoms with Gasteiger partial charge in [-0.05, 0) is 12.0 Å². The number of carbonyl (C=O) groups excluding carboxylic acids is 1. The fraction of sp³-hybridized carbons (Fsp3) is 0.615. The van der Waals surface area contributed by atoms with Gasteiger partial charge in [0.15, 0.2) is 0 Å². The van der Waals surface area contributed by atoms with Crippen molar-refractivity contribution in [1.82, 2.24) is 10.9 Å². The minimum atomic E-state index is -0.460. The summed E-state index contributed by atoms with van der Waals surface area (Å²) >= 11 is 0. The maximum absolute atomic E-state index is 10.6. The zero-order valence-electron chi connectivity index (χ0n) is 12.1. The van der Waals surface area contributed by atoms with Crippen molar-refractivity contribution in [2.45, 2.75) is 26.7 Å². The second kappa shape index (κ2) is 9.22. The lowest BCUT2D eigenvalue weighted by Gasteiger charge is -2.21. The van der Waals surface area contributed by atoms with E-state index in [9.17, 15) is 4.79 Å². The van der Waals surface area contributed by atoms with Crippen LogP contribution in [0.25, 0.3) is 0 Å². The molecule has 0 radical (unpaired) electrons. The molecule has 1 amide bonds. The summed E-state index contributed by atoms with van der Waals surface area (Å²) in [5, 5.41) is 0. The zero-order chi connectivity index (χ0) is 14.8. The highest BCUT2D eigenvalue weighted by Gasteiger charge is 2.15. The molecule has 2 aliphatic rings. The number of amidine groups is 2. The topological polar surface area (TPSA) is 101 Å². The summed E-state index contributed by atoms with van der Waals surface area (Å²) < 4.78 is 5.23. The summed E-state index contributed by atoms with van der Waals surface area (Å²) in [5.41, 5.74) is 12.1. The Kier molecular flexibility index (Phi) is 7.52. The fourth-order valence-electron chi connectivity index (χ4n) is 1.56. The number of hydrazine groups is 1. The van der Waals surface area contributed by atoms with E-state index >= 15 is 0 Å². The Hall–Kier alpha value is -1.73. The lowest BCUT2D eigenvalue weighted by molar-refractivity contribution is -0.116. The molecule has 0 saturated carbocycles. The van der Waals surface area contributed by atoms with Crippen molar-refractivity contribution in [1.29, 1.82) is 0 Å². The Labute approximate surface area is 119 Å². The van der Waals surface area contributed by atoms with Crippen LogP contribution in [0.5, 0.6) is 0 Å². The van der Waals surface area contributed by atoms with Gasteiger partial charge in [0.1, 0.15) is 18.2 Å². The lowest BCUT2D eigenvalue weighted by Crippen LogP contribution is -2.46. The van der Waals surface area contributed by atoms with E-state index in [1.807, 2.05) is 6.08 Å². The predicted molar refractivity (Wildman–Crippen MR) is 79.6 cm³/mol. The summed E-state index contributed by atoms with van der Waals surface area (Å²) in [6.07, 6.45) is 4.05. The van der Waals surface area contributed by atoms with Crippen molar-refractivity contribution in [2.75, 3.05) is 26.3 Å². The average molecular weight is 281 g/mol. The van der Waals surface area contributed by atoms with Gasteiger partial charge in [-0.25, -0.2) is 10.4 Å². The van der Waals surface area contributed by atoms with Gasteiger partial charge in [0.2, 0.25) is 5.91 Å². The molecule has 2 heterocycles. The molecule has 0 bridgehead atoms. The smallest absolute Gasteiger partial charge is 0.239 e. The predicted octanol–water partition coefficient (Wildman–Crippen LogP) is 0.140. The second-order valence-corrected chi connectivity index (χ2v) is 4.40. The number of ether oxygens (including phenoxy) is 1. The number of hydrogen-bond acceptors (Lipinski definition) is 5. The Morgan fingerprint density at radius 1 is 1.55 bits per heavy atom. The monoisotopic (exact) mass is 281 g/mol. The van der Waals surface area contributed by atoms with Crippen molar-refractivity contribution in [3.63, 3.8) is 0 Å². The first-order chi connectivity index (χ1) is 9.67. The summed E-state index contributed by atoms with van der Waals surface area (Å²) in [5.74, 6) is 0.853. The number of nitrogens with one attached hydrogen (secondary N) is 2. The molecule has 0 spiro atoms.